The molecule has 1 aliphatic rings. The molecule has 1 fully saturated rings. The van der Waals surface area contributed by atoms with Gasteiger partial charge in [0.2, 0.25) is 0 Å². The first-order valence-corrected chi connectivity index (χ1v) is 9.08. The number of hydrogen-bond acceptors (Lipinski definition) is 4. The van der Waals surface area contributed by atoms with Gasteiger partial charge in [-0.1, -0.05) is 23.7 Å². The molecule has 1 saturated heterocycles. The molecule has 2 aromatic rings. The van der Waals surface area contributed by atoms with Crippen molar-refractivity contribution < 1.29 is 14.3 Å². The third-order valence-corrected chi connectivity index (χ3v) is 4.63. The zero-order chi connectivity index (χ0) is 18.4. The summed E-state index contributed by atoms with van der Waals surface area (Å²) in [6.45, 7) is 1.78. The number of amides is 1. The van der Waals surface area contributed by atoms with Gasteiger partial charge < -0.3 is 15.0 Å². The van der Waals surface area contributed by atoms with Gasteiger partial charge in [-0.05, 0) is 55.7 Å². The second kappa shape index (κ2) is 8.72. The third-order valence-electron chi connectivity index (χ3n) is 4.30. The number of nitrogens with zero attached hydrogens (tertiary/aromatic N) is 1. The van der Waals surface area contributed by atoms with E-state index in [1.807, 2.05) is 24.3 Å². The molecule has 0 radical (unpaired) electrons. The van der Waals surface area contributed by atoms with Crippen molar-refractivity contribution >= 4 is 34.9 Å². The Morgan fingerprint density at radius 1 is 1.00 bits per heavy atom. The third kappa shape index (κ3) is 4.76. The van der Waals surface area contributed by atoms with Crippen molar-refractivity contribution in [1.82, 2.24) is 0 Å². The average Bonchev–Trinajstić information content (AvgIpc) is 2.68. The van der Waals surface area contributed by atoms with Crippen LogP contribution in [0.4, 0.5) is 11.4 Å². The molecule has 0 atom stereocenters. The van der Waals surface area contributed by atoms with Gasteiger partial charge in [0.15, 0.2) is 6.61 Å². The van der Waals surface area contributed by atoms with E-state index in [1.54, 1.807) is 24.3 Å². The summed E-state index contributed by atoms with van der Waals surface area (Å²) in [7, 11) is 0. The molecular weight excluding hydrogens is 352 g/mol. The van der Waals surface area contributed by atoms with Crippen LogP contribution >= 0.6 is 11.6 Å². The number of piperidine rings is 1. The molecule has 1 amide bonds. The van der Waals surface area contributed by atoms with Crippen LogP contribution in [-0.2, 0) is 9.53 Å². The van der Waals surface area contributed by atoms with Crippen LogP contribution in [0.3, 0.4) is 0 Å². The Kier molecular flexibility index (Phi) is 6.12. The van der Waals surface area contributed by atoms with E-state index in [4.69, 9.17) is 16.3 Å². The molecule has 1 heterocycles. The number of carbonyl (C=O) groups is 2. The van der Waals surface area contributed by atoms with E-state index in [0.29, 0.717) is 10.7 Å². The Bertz CT molecular complexity index is 771. The van der Waals surface area contributed by atoms with Crippen LogP contribution in [0.1, 0.15) is 29.6 Å². The second-order valence-electron chi connectivity index (χ2n) is 6.20. The lowest BCUT2D eigenvalue weighted by Gasteiger charge is -2.28. The van der Waals surface area contributed by atoms with Crippen molar-refractivity contribution in [1.29, 1.82) is 0 Å². The molecule has 6 heteroatoms. The minimum absolute atomic E-state index is 0.243. The average molecular weight is 373 g/mol. The monoisotopic (exact) mass is 372 g/mol. The van der Waals surface area contributed by atoms with Crippen molar-refractivity contribution in [2.45, 2.75) is 19.3 Å². The second-order valence-corrected chi connectivity index (χ2v) is 6.61. The molecule has 0 saturated carbocycles. The molecule has 1 aliphatic heterocycles. The molecule has 5 nitrogen and oxygen atoms in total. The van der Waals surface area contributed by atoms with Gasteiger partial charge in [0.05, 0.1) is 10.6 Å². The van der Waals surface area contributed by atoms with E-state index in [-0.39, 0.29) is 12.2 Å². The molecule has 2 aromatic carbocycles. The normalized spacial score (nSPS) is 14.0. The number of benzene rings is 2. The Balaban J connectivity index is 1.50. The highest BCUT2D eigenvalue weighted by Gasteiger charge is 2.14. The van der Waals surface area contributed by atoms with Gasteiger partial charge in [0.1, 0.15) is 0 Å². The van der Waals surface area contributed by atoms with Crippen molar-refractivity contribution in [2.24, 2.45) is 0 Å². The van der Waals surface area contributed by atoms with E-state index in [2.05, 4.69) is 10.2 Å². The summed E-state index contributed by atoms with van der Waals surface area (Å²) in [5.74, 6) is -1.01. The molecule has 1 N–H and O–H groups in total. The summed E-state index contributed by atoms with van der Waals surface area (Å²) in [5, 5.41) is 3.02. The van der Waals surface area contributed by atoms with Gasteiger partial charge in [-0.2, -0.15) is 0 Å². The lowest BCUT2D eigenvalue weighted by Crippen LogP contribution is -2.29. The van der Waals surface area contributed by atoms with Gasteiger partial charge in [-0.3, -0.25) is 4.79 Å². The highest BCUT2D eigenvalue weighted by Crippen LogP contribution is 2.22. The summed E-state index contributed by atoms with van der Waals surface area (Å²) in [5.41, 5.74) is 2.07. The predicted molar refractivity (Wildman–Crippen MR) is 103 cm³/mol. The van der Waals surface area contributed by atoms with E-state index < -0.39 is 11.9 Å². The number of ether oxygens (including phenoxy) is 1. The maximum Gasteiger partial charge on any atom is 0.340 e. The molecule has 0 aromatic heterocycles. The topological polar surface area (TPSA) is 58.6 Å². The number of hydrogen-bond donors (Lipinski definition) is 1. The van der Waals surface area contributed by atoms with Gasteiger partial charge in [-0.25, -0.2) is 4.79 Å². The van der Waals surface area contributed by atoms with Crippen LogP contribution in [0.5, 0.6) is 0 Å². The maximum atomic E-state index is 12.0. The smallest absolute Gasteiger partial charge is 0.340 e. The number of nitrogens with one attached hydrogen (secondary N) is 1. The van der Waals surface area contributed by atoms with Crippen LogP contribution in [0, 0.1) is 0 Å². The molecule has 0 unspecified atom stereocenters. The summed E-state index contributed by atoms with van der Waals surface area (Å²) in [6, 6.07) is 14.3. The zero-order valence-electron chi connectivity index (χ0n) is 14.4. The number of rotatable bonds is 5. The van der Waals surface area contributed by atoms with Crippen LogP contribution < -0.4 is 10.2 Å². The predicted octanol–water partition coefficient (Wildman–Crippen LogP) is 4.13. The highest BCUT2D eigenvalue weighted by molar-refractivity contribution is 6.33. The Morgan fingerprint density at radius 2 is 1.69 bits per heavy atom. The molecule has 0 bridgehead atoms. The fourth-order valence-electron chi connectivity index (χ4n) is 2.94. The summed E-state index contributed by atoms with van der Waals surface area (Å²) in [6.07, 6.45) is 3.72. The van der Waals surface area contributed by atoms with Crippen LogP contribution in [0.25, 0.3) is 0 Å². The van der Waals surface area contributed by atoms with Crippen molar-refractivity contribution in [2.75, 3.05) is 29.9 Å². The summed E-state index contributed by atoms with van der Waals surface area (Å²) < 4.78 is 5.02. The van der Waals surface area contributed by atoms with E-state index in [1.165, 1.54) is 19.3 Å². The van der Waals surface area contributed by atoms with Crippen molar-refractivity contribution in [3.63, 3.8) is 0 Å². The van der Waals surface area contributed by atoms with Crippen molar-refractivity contribution in [3.05, 3.63) is 59.1 Å². The molecule has 136 valence electrons. The summed E-state index contributed by atoms with van der Waals surface area (Å²) in [4.78, 5) is 26.3. The lowest BCUT2D eigenvalue weighted by molar-refractivity contribution is -0.119. The highest BCUT2D eigenvalue weighted by atomic mass is 35.5. The minimum atomic E-state index is -0.619. The minimum Gasteiger partial charge on any atom is -0.452 e. The first-order chi connectivity index (χ1) is 12.6. The van der Waals surface area contributed by atoms with Gasteiger partial charge in [0, 0.05) is 24.5 Å². The number of esters is 1. The first-order valence-electron chi connectivity index (χ1n) is 8.70. The molecule has 0 aliphatic carbocycles. The Morgan fingerprint density at radius 3 is 2.38 bits per heavy atom. The van der Waals surface area contributed by atoms with Crippen LogP contribution in [-0.4, -0.2) is 31.6 Å². The van der Waals surface area contributed by atoms with E-state index in [0.717, 1.165) is 18.8 Å². The van der Waals surface area contributed by atoms with Gasteiger partial charge in [-0.15, -0.1) is 0 Å². The molecular formula is C20H21ClN2O3. The van der Waals surface area contributed by atoms with Gasteiger partial charge in [0.25, 0.3) is 5.91 Å². The quantitative estimate of drug-likeness (QED) is 0.802. The van der Waals surface area contributed by atoms with Crippen LogP contribution in [0.15, 0.2) is 48.5 Å². The molecule has 3 rings (SSSR count). The van der Waals surface area contributed by atoms with Crippen molar-refractivity contribution in [3.8, 4) is 0 Å². The fraction of sp³-hybridized carbons (Fsp3) is 0.300. The van der Waals surface area contributed by atoms with Gasteiger partial charge >= 0.3 is 5.97 Å². The fourth-order valence-corrected chi connectivity index (χ4v) is 3.15. The van der Waals surface area contributed by atoms with E-state index in [9.17, 15) is 9.59 Å². The Hall–Kier alpha value is -2.53. The zero-order valence-corrected chi connectivity index (χ0v) is 15.2. The first kappa shape index (κ1) is 18.3. The van der Waals surface area contributed by atoms with E-state index >= 15 is 0 Å². The molecule has 26 heavy (non-hydrogen) atoms. The number of halogens is 1. The Labute approximate surface area is 157 Å². The standard InChI is InChI=1S/C20H21ClN2O3/c21-18-7-3-2-6-17(18)20(25)26-14-19(24)22-15-8-10-16(11-9-15)23-12-4-1-5-13-23/h2-3,6-11H,1,4-5,12-14H2,(H,22,24). The SMILES string of the molecule is O=C(COC(=O)c1ccccc1Cl)Nc1ccc(N2CCCCC2)cc1. The maximum absolute atomic E-state index is 12.0. The summed E-state index contributed by atoms with van der Waals surface area (Å²) >= 11 is 5.94. The largest absolute Gasteiger partial charge is 0.452 e. The number of carbonyl (C=O) groups excluding carboxylic acids is 2. The van der Waals surface area contributed by atoms with Crippen LogP contribution in [0.2, 0.25) is 5.02 Å². The number of anilines is 2. The molecule has 0 spiro atoms. The lowest BCUT2D eigenvalue weighted by atomic mass is 10.1.